The lowest BCUT2D eigenvalue weighted by molar-refractivity contribution is -0.371. The van der Waals surface area contributed by atoms with Gasteiger partial charge in [-0.15, -0.1) is 0 Å². The molecule has 0 bridgehead atoms. The third-order valence-electron chi connectivity index (χ3n) is 17.2. The van der Waals surface area contributed by atoms with Gasteiger partial charge >= 0.3 is 17.9 Å². The maximum Gasteiger partial charge on any atom is 0.335 e. The first-order valence-corrected chi connectivity index (χ1v) is 20.7. The Balaban J connectivity index is 0.00000585. The Bertz CT molecular complexity index is 1740. The number of ether oxygens (including phenoxy) is 4. The van der Waals surface area contributed by atoms with E-state index in [1.54, 1.807) is 0 Å². The number of carboxylic acid groups (broad SMARTS) is 3. The van der Waals surface area contributed by atoms with Crippen LogP contribution in [0.4, 0.5) is 0 Å². The lowest BCUT2D eigenvalue weighted by Crippen LogP contribution is -2.68. The van der Waals surface area contributed by atoms with E-state index in [0.717, 1.165) is 37.7 Å². The number of carbonyl (C=O) groups excluding carboxylic acids is 1. The van der Waals surface area contributed by atoms with E-state index in [-0.39, 0.29) is 40.5 Å². The number of carbonyl (C=O) groups is 4. The molecular formula is C42H65NO16. The zero-order chi connectivity index (χ0) is 42.9. The molecule has 2 aliphatic heterocycles. The monoisotopic (exact) mass is 839 g/mol. The predicted molar refractivity (Wildman–Crippen MR) is 204 cm³/mol. The van der Waals surface area contributed by atoms with Crippen molar-refractivity contribution in [2.24, 2.45) is 50.2 Å². The fraction of sp³-hybridized carbons (Fsp3) is 0.857. The number of allylic oxidation sites excluding steroid dienone is 2. The summed E-state index contributed by atoms with van der Waals surface area (Å²) in [5.74, 6) is -4.47. The van der Waals surface area contributed by atoms with Crippen molar-refractivity contribution in [1.82, 2.24) is 6.15 Å². The molecule has 0 spiro atoms. The third-order valence-corrected chi connectivity index (χ3v) is 17.2. The van der Waals surface area contributed by atoms with Gasteiger partial charge in [-0.2, -0.15) is 0 Å². The number of aliphatic carboxylic acids is 3. The van der Waals surface area contributed by atoms with Gasteiger partial charge in [0, 0.05) is 5.92 Å². The van der Waals surface area contributed by atoms with Crippen molar-refractivity contribution >= 4 is 23.7 Å². The van der Waals surface area contributed by atoms with Crippen LogP contribution in [0.2, 0.25) is 0 Å². The lowest BCUT2D eigenvalue weighted by Gasteiger charge is -2.70. The summed E-state index contributed by atoms with van der Waals surface area (Å²) >= 11 is 0. The summed E-state index contributed by atoms with van der Waals surface area (Å²) in [6.07, 6.45) is -12.2. The maximum atomic E-state index is 14.8. The summed E-state index contributed by atoms with van der Waals surface area (Å²) in [6, 6.07) is 0. The molecular weight excluding hydrogens is 774 g/mol. The molecule has 5 aliphatic carbocycles. The van der Waals surface area contributed by atoms with Gasteiger partial charge in [0.25, 0.3) is 0 Å². The fourth-order valence-electron chi connectivity index (χ4n) is 13.4. The number of hydrogen-bond acceptors (Lipinski definition) is 14. The quantitative estimate of drug-likeness (QED) is 0.166. The number of aliphatic hydroxyl groups excluding tert-OH is 5. The van der Waals surface area contributed by atoms with Crippen molar-refractivity contribution < 1.29 is 79.0 Å². The highest BCUT2D eigenvalue weighted by Crippen LogP contribution is 2.75. The molecule has 0 aromatic rings. The molecule has 7 aliphatic rings. The lowest BCUT2D eigenvalue weighted by atomic mass is 9.33. The minimum atomic E-state index is -2.05. The molecule has 19 atom stereocenters. The van der Waals surface area contributed by atoms with Crippen molar-refractivity contribution in [3.63, 3.8) is 0 Å². The largest absolute Gasteiger partial charge is 0.481 e. The number of rotatable bonds is 7. The molecule has 59 heavy (non-hydrogen) atoms. The van der Waals surface area contributed by atoms with Crippen molar-refractivity contribution in [2.45, 2.75) is 174 Å². The fourth-order valence-corrected chi connectivity index (χ4v) is 13.4. The summed E-state index contributed by atoms with van der Waals surface area (Å²) < 4.78 is 23.4. The van der Waals surface area contributed by atoms with Gasteiger partial charge in [0.2, 0.25) is 0 Å². The SMILES string of the molecule is CC1(C)[C@@H](OC2O[C@H](C(=O)O)[C@@H](O)[C@H](O)[C@H]2O[C@@H]2O[C@H](C(=O)O)[C@@H](O)[C@H](O)[C@H]2O)CC[C@]2(C)[C@H]3C(=O)C=C4[C@@H]5C[C@@](C)(C(=O)O)CC[C@]5(C)CC[C@@]4(C)[C@]3(C)CC[C@@H]12.N. The summed E-state index contributed by atoms with van der Waals surface area (Å²) in [7, 11) is 0. The molecule has 0 radical (unpaired) electrons. The number of fused-ring (bicyclic) bond motifs is 7. The van der Waals surface area contributed by atoms with E-state index >= 15 is 0 Å². The molecule has 4 saturated carbocycles. The molecule has 17 nitrogen and oxygen atoms in total. The van der Waals surface area contributed by atoms with Gasteiger partial charge < -0.3 is 66.0 Å². The number of hydrogen-bond donors (Lipinski definition) is 9. The topological polar surface area (TPSA) is 302 Å². The Hall–Kier alpha value is -2.58. The first-order valence-electron chi connectivity index (χ1n) is 20.7. The van der Waals surface area contributed by atoms with Gasteiger partial charge in [0.1, 0.15) is 36.6 Å². The zero-order valence-electron chi connectivity index (χ0n) is 35.1. The molecule has 17 heteroatoms. The highest BCUT2D eigenvalue weighted by Gasteiger charge is 2.71. The smallest absolute Gasteiger partial charge is 0.335 e. The molecule has 1 unspecified atom stereocenters. The van der Waals surface area contributed by atoms with E-state index in [0.29, 0.717) is 25.7 Å². The van der Waals surface area contributed by atoms with Crippen molar-refractivity contribution in [3.05, 3.63) is 11.6 Å². The molecule has 7 rings (SSSR count). The Morgan fingerprint density at radius 1 is 0.695 bits per heavy atom. The van der Waals surface area contributed by atoms with Crippen LogP contribution in [0.1, 0.15) is 106 Å². The Morgan fingerprint density at radius 2 is 1.27 bits per heavy atom. The number of carboxylic acids is 3. The van der Waals surface area contributed by atoms with Crippen LogP contribution in [0, 0.1) is 50.2 Å². The Morgan fingerprint density at radius 3 is 1.86 bits per heavy atom. The van der Waals surface area contributed by atoms with Crippen LogP contribution in [0.15, 0.2) is 11.6 Å². The number of ketones is 1. The Labute approximate surface area is 344 Å². The predicted octanol–water partition coefficient (Wildman–Crippen LogP) is 2.41. The van der Waals surface area contributed by atoms with Gasteiger partial charge in [-0.05, 0) is 110 Å². The van der Waals surface area contributed by atoms with Crippen LogP contribution < -0.4 is 6.15 Å². The average Bonchev–Trinajstić information content (AvgIpc) is 3.13. The highest BCUT2D eigenvalue weighted by molar-refractivity contribution is 5.95. The van der Waals surface area contributed by atoms with Crippen molar-refractivity contribution in [2.75, 3.05) is 0 Å². The van der Waals surface area contributed by atoms with E-state index < -0.39 is 107 Å². The van der Waals surface area contributed by atoms with Crippen LogP contribution >= 0.6 is 0 Å². The molecule has 2 heterocycles. The average molecular weight is 840 g/mol. The van der Waals surface area contributed by atoms with E-state index in [9.17, 15) is 60.0 Å². The van der Waals surface area contributed by atoms with Gasteiger partial charge in [0.15, 0.2) is 30.6 Å². The van der Waals surface area contributed by atoms with Gasteiger partial charge in [-0.25, -0.2) is 9.59 Å². The second kappa shape index (κ2) is 15.1. The molecule has 334 valence electrons. The number of aliphatic hydroxyl groups is 5. The summed E-state index contributed by atoms with van der Waals surface area (Å²) in [6.45, 7) is 14.8. The Kier molecular flexibility index (Phi) is 11.7. The van der Waals surface area contributed by atoms with Gasteiger partial charge in [-0.3, -0.25) is 9.59 Å². The minimum Gasteiger partial charge on any atom is -0.481 e. The molecule has 11 N–H and O–H groups in total. The van der Waals surface area contributed by atoms with E-state index in [4.69, 9.17) is 18.9 Å². The molecule has 0 aromatic heterocycles. The van der Waals surface area contributed by atoms with Gasteiger partial charge in [-0.1, -0.05) is 47.1 Å². The first kappa shape index (κ1) is 45.9. The van der Waals surface area contributed by atoms with Crippen LogP contribution in [-0.2, 0) is 38.1 Å². The third kappa shape index (κ3) is 6.72. The second-order valence-electron chi connectivity index (χ2n) is 20.6. The summed E-state index contributed by atoms with van der Waals surface area (Å²) in [4.78, 5) is 51.3. The molecule has 6 fully saturated rings. The highest BCUT2D eigenvalue weighted by atomic mass is 16.8. The van der Waals surface area contributed by atoms with Crippen molar-refractivity contribution in [1.29, 1.82) is 0 Å². The molecule has 2 saturated heterocycles. The standard InChI is InChI=1S/C42H62O16.H3N/c1-37(2)21-8-11-42(7)31(20(43)16-18-19-17-39(4,36(53)54)13-12-38(19,3)14-15-41(18,42)6)40(21,5)10-9-22(37)55-35-30(26(47)25(46)29(57-35)33(51)52)58-34-27(48)23(44)24(45)28(56-34)32(49)50;/h16,19,21-31,34-35,44-48H,8-15,17H2,1-7H3,(H,49,50)(H,51,52)(H,53,54);1H3/t19-,21-,22-,23-,24-,25-,26-,27+,28-,29-,30+,31+,34-,35?,38+,39-,40-,41+,42+;/m0./s1. The summed E-state index contributed by atoms with van der Waals surface area (Å²) in [5.41, 5.74) is -1.81. The van der Waals surface area contributed by atoms with E-state index in [1.807, 2.05) is 26.8 Å². The van der Waals surface area contributed by atoms with Gasteiger partial charge in [0.05, 0.1) is 11.5 Å². The van der Waals surface area contributed by atoms with Crippen LogP contribution in [0.5, 0.6) is 0 Å². The molecule has 0 aromatic carbocycles. The molecule has 0 amide bonds. The van der Waals surface area contributed by atoms with E-state index in [2.05, 4.69) is 27.7 Å². The summed E-state index contributed by atoms with van der Waals surface area (Å²) in [5, 5.41) is 83.0. The van der Waals surface area contributed by atoms with Crippen molar-refractivity contribution in [3.8, 4) is 0 Å². The van der Waals surface area contributed by atoms with Crippen LogP contribution in [0.3, 0.4) is 0 Å². The maximum absolute atomic E-state index is 14.8. The van der Waals surface area contributed by atoms with Crippen LogP contribution in [-0.4, -0.2) is 132 Å². The minimum absolute atomic E-state index is 0. The zero-order valence-corrected chi connectivity index (χ0v) is 35.1. The first-order chi connectivity index (χ1) is 26.8. The van der Waals surface area contributed by atoms with Crippen LogP contribution in [0.25, 0.3) is 0 Å². The second-order valence-corrected chi connectivity index (χ2v) is 20.6. The normalized spacial score (nSPS) is 51.7. The van der Waals surface area contributed by atoms with E-state index in [1.165, 1.54) is 0 Å².